The van der Waals surface area contributed by atoms with Gasteiger partial charge in [-0.1, -0.05) is 0 Å². The van der Waals surface area contributed by atoms with Crippen LogP contribution in [0.1, 0.15) is 25.7 Å². The van der Waals surface area contributed by atoms with Crippen LogP contribution in [0.15, 0.2) is 0 Å². The smallest absolute Gasteiger partial charge is 0.162 e. The van der Waals surface area contributed by atoms with Crippen molar-refractivity contribution in [3.8, 4) is 0 Å². The number of aliphatic hydroxyl groups is 1. The van der Waals surface area contributed by atoms with Gasteiger partial charge in [-0.05, 0) is 31.5 Å². The third-order valence-electron chi connectivity index (χ3n) is 2.33. The average molecular weight is 202 g/mol. The van der Waals surface area contributed by atoms with Crippen molar-refractivity contribution >= 4 is 23.6 Å². The molecule has 0 aromatic rings. The maximum Gasteiger partial charge on any atom is 0.162 e. The minimum absolute atomic E-state index is 0.0588. The molecule has 0 aromatic carbocycles. The molecule has 0 spiro atoms. The first-order valence-electron chi connectivity index (χ1n) is 4.53. The van der Waals surface area contributed by atoms with Gasteiger partial charge in [0.2, 0.25) is 0 Å². The fourth-order valence-electron chi connectivity index (χ4n) is 1.60. The number of hydrogen-bond donors (Lipinski definition) is 1. The number of thiocarbonyl (C=S) groups is 1. The summed E-state index contributed by atoms with van der Waals surface area (Å²) in [7, 11) is 0. The van der Waals surface area contributed by atoms with Gasteiger partial charge in [0.25, 0.3) is 0 Å². The van der Waals surface area contributed by atoms with Crippen LogP contribution in [0.2, 0.25) is 0 Å². The molecule has 1 aliphatic rings. The summed E-state index contributed by atoms with van der Waals surface area (Å²) in [5.74, 6) is -0.284. The maximum absolute atomic E-state index is 10.3. The molecule has 0 saturated carbocycles. The Morgan fingerprint density at radius 3 is 2.92 bits per heavy atom. The van der Waals surface area contributed by atoms with Crippen LogP contribution in [-0.2, 0) is 9.53 Å². The molecule has 2 atom stereocenters. The second-order valence-corrected chi connectivity index (χ2v) is 3.67. The Balaban J connectivity index is 2.51. The molecule has 0 radical (unpaired) electrons. The molecule has 1 rings (SSSR count). The number of hydrogen-bond acceptors (Lipinski definition) is 3. The first kappa shape index (κ1) is 10.6. The van der Waals surface area contributed by atoms with Crippen molar-refractivity contribution in [3.05, 3.63) is 0 Å². The van der Waals surface area contributed by atoms with Crippen LogP contribution in [0.5, 0.6) is 0 Å². The maximum atomic E-state index is 10.3. The van der Waals surface area contributed by atoms with E-state index in [1.807, 2.05) is 0 Å². The second-order valence-electron chi connectivity index (χ2n) is 3.25. The van der Waals surface area contributed by atoms with E-state index >= 15 is 0 Å². The topological polar surface area (TPSA) is 46.5 Å². The van der Waals surface area contributed by atoms with Crippen molar-refractivity contribution in [2.75, 3.05) is 6.61 Å². The Morgan fingerprint density at radius 2 is 2.46 bits per heavy atom. The van der Waals surface area contributed by atoms with Crippen molar-refractivity contribution in [1.82, 2.24) is 0 Å². The van der Waals surface area contributed by atoms with E-state index in [0.717, 1.165) is 25.5 Å². The largest absolute Gasteiger partial charge is 0.502 e. The number of ether oxygens (including phenoxy) is 1. The van der Waals surface area contributed by atoms with E-state index in [-0.39, 0.29) is 23.5 Å². The summed E-state index contributed by atoms with van der Waals surface area (Å²) < 4.78 is 5.45. The minimum Gasteiger partial charge on any atom is -0.502 e. The number of aldehydes is 1. The lowest BCUT2D eigenvalue weighted by Crippen LogP contribution is -2.32. The van der Waals surface area contributed by atoms with Gasteiger partial charge in [0.1, 0.15) is 6.29 Å². The molecule has 1 aliphatic heterocycles. The van der Waals surface area contributed by atoms with Crippen LogP contribution in [0.25, 0.3) is 0 Å². The third-order valence-corrected chi connectivity index (χ3v) is 2.63. The van der Waals surface area contributed by atoms with Crippen LogP contribution in [0, 0.1) is 5.92 Å². The van der Waals surface area contributed by atoms with Crippen LogP contribution < -0.4 is 0 Å². The van der Waals surface area contributed by atoms with Crippen molar-refractivity contribution < 1.29 is 14.6 Å². The highest BCUT2D eigenvalue weighted by Crippen LogP contribution is 2.22. The number of aliphatic hydroxyl groups excluding tert-OH is 1. The van der Waals surface area contributed by atoms with E-state index in [4.69, 9.17) is 4.74 Å². The van der Waals surface area contributed by atoms with Gasteiger partial charge in [0, 0.05) is 13.0 Å². The van der Waals surface area contributed by atoms with Gasteiger partial charge in [-0.2, -0.15) is 0 Å². The zero-order chi connectivity index (χ0) is 9.68. The lowest BCUT2D eigenvalue weighted by Gasteiger charge is -2.27. The van der Waals surface area contributed by atoms with E-state index < -0.39 is 0 Å². The van der Waals surface area contributed by atoms with Crippen LogP contribution in [0.3, 0.4) is 0 Å². The summed E-state index contributed by atoms with van der Waals surface area (Å²) in [6.07, 6.45) is 4.02. The Hall–Kier alpha value is -0.480. The number of carbonyl (C=O) groups excluding carboxylic acids is 1. The highest BCUT2D eigenvalue weighted by molar-refractivity contribution is 7.80. The summed E-state index contributed by atoms with van der Waals surface area (Å²) in [4.78, 5) is 10.3. The Labute approximate surface area is 83.1 Å². The van der Waals surface area contributed by atoms with E-state index in [9.17, 15) is 9.90 Å². The minimum atomic E-state index is -0.284. The molecule has 74 valence electrons. The first-order valence-corrected chi connectivity index (χ1v) is 4.94. The molecule has 1 fully saturated rings. The summed E-state index contributed by atoms with van der Waals surface area (Å²) in [6.45, 7) is 0.711. The SMILES string of the molecule is O=CCC(C(O)=S)C1CCCCO1. The fraction of sp³-hybridized carbons (Fsp3) is 0.778. The predicted molar refractivity (Wildman–Crippen MR) is 53.0 cm³/mol. The molecule has 0 aliphatic carbocycles. The highest BCUT2D eigenvalue weighted by Gasteiger charge is 2.27. The lowest BCUT2D eigenvalue weighted by molar-refractivity contribution is -0.109. The quantitative estimate of drug-likeness (QED) is 0.556. The number of rotatable bonds is 4. The molecule has 13 heavy (non-hydrogen) atoms. The molecule has 1 saturated heterocycles. The van der Waals surface area contributed by atoms with Gasteiger partial charge in [-0.3, -0.25) is 0 Å². The Morgan fingerprint density at radius 1 is 1.69 bits per heavy atom. The molecule has 1 heterocycles. The molecule has 3 nitrogen and oxygen atoms in total. The van der Waals surface area contributed by atoms with E-state index in [1.54, 1.807) is 0 Å². The molecular formula is C9H14O3S. The van der Waals surface area contributed by atoms with Crippen LogP contribution in [-0.4, -0.2) is 29.2 Å². The predicted octanol–water partition coefficient (Wildman–Crippen LogP) is 1.65. The molecule has 1 N–H and O–H groups in total. The standard InChI is InChI=1S/C9H14O3S/c10-5-4-7(9(11)13)8-3-1-2-6-12-8/h5,7-8H,1-4,6H2,(H,11,13). The van der Waals surface area contributed by atoms with E-state index in [2.05, 4.69) is 12.2 Å². The van der Waals surface area contributed by atoms with Gasteiger partial charge in [0.05, 0.1) is 12.0 Å². The zero-order valence-electron chi connectivity index (χ0n) is 7.44. The molecular weight excluding hydrogens is 188 g/mol. The van der Waals surface area contributed by atoms with Gasteiger partial charge in [-0.15, -0.1) is 0 Å². The normalized spacial score (nSPS) is 25.1. The molecule has 2 unspecified atom stereocenters. The molecule has 4 heteroatoms. The summed E-state index contributed by atoms with van der Waals surface area (Å²) in [5, 5.41) is 9.09. The highest BCUT2D eigenvalue weighted by atomic mass is 32.1. The van der Waals surface area contributed by atoms with Crippen LogP contribution in [0.4, 0.5) is 0 Å². The Bertz CT molecular complexity index is 187. The summed E-state index contributed by atoms with van der Waals surface area (Å²) in [6, 6.07) is 0. The van der Waals surface area contributed by atoms with Gasteiger partial charge < -0.3 is 14.6 Å². The van der Waals surface area contributed by atoms with Crippen LogP contribution >= 0.6 is 12.2 Å². The summed E-state index contributed by atoms with van der Waals surface area (Å²) >= 11 is 4.68. The molecule has 0 amide bonds. The fourth-order valence-corrected chi connectivity index (χ4v) is 1.85. The van der Waals surface area contributed by atoms with Gasteiger partial charge in [0.15, 0.2) is 5.05 Å². The molecule has 0 aromatic heterocycles. The van der Waals surface area contributed by atoms with Gasteiger partial charge >= 0.3 is 0 Å². The third kappa shape index (κ3) is 3.04. The molecule has 0 bridgehead atoms. The van der Waals surface area contributed by atoms with E-state index in [1.165, 1.54) is 0 Å². The van der Waals surface area contributed by atoms with E-state index in [0.29, 0.717) is 6.61 Å². The van der Waals surface area contributed by atoms with Crippen molar-refractivity contribution in [1.29, 1.82) is 0 Å². The van der Waals surface area contributed by atoms with Crippen molar-refractivity contribution in [3.63, 3.8) is 0 Å². The summed E-state index contributed by atoms with van der Waals surface area (Å²) in [5.41, 5.74) is 0. The Kier molecular flexibility index (Phi) is 4.32. The first-order chi connectivity index (χ1) is 6.25. The number of carbonyl (C=O) groups is 1. The average Bonchev–Trinajstić information content (AvgIpc) is 2.15. The zero-order valence-corrected chi connectivity index (χ0v) is 8.26. The lowest BCUT2D eigenvalue weighted by atomic mass is 9.94. The van der Waals surface area contributed by atoms with Crippen molar-refractivity contribution in [2.45, 2.75) is 31.8 Å². The van der Waals surface area contributed by atoms with Gasteiger partial charge in [-0.25, -0.2) is 0 Å². The monoisotopic (exact) mass is 202 g/mol. The second kappa shape index (κ2) is 5.29. The van der Waals surface area contributed by atoms with Crippen molar-refractivity contribution in [2.24, 2.45) is 5.92 Å².